The van der Waals surface area contributed by atoms with Crippen molar-refractivity contribution in [1.29, 1.82) is 0 Å². The summed E-state index contributed by atoms with van der Waals surface area (Å²) in [5, 5.41) is 9.44. The van der Waals surface area contributed by atoms with E-state index in [4.69, 9.17) is 0 Å². The van der Waals surface area contributed by atoms with Crippen molar-refractivity contribution >= 4 is 9.84 Å². The summed E-state index contributed by atoms with van der Waals surface area (Å²) in [6.45, 7) is 0. The van der Waals surface area contributed by atoms with Crippen LogP contribution in [0, 0.1) is 0 Å². The summed E-state index contributed by atoms with van der Waals surface area (Å²) >= 11 is 0. The summed E-state index contributed by atoms with van der Waals surface area (Å²) in [6.07, 6.45) is 3.13. The molecular weight excluding hydrogens is 190 g/mol. The highest BCUT2D eigenvalue weighted by Crippen LogP contribution is 2.12. The zero-order chi connectivity index (χ0) is 9.90. The van der Waals surface area contributed by atoms with Crippen molar-refractivity contribution in [3.05, 3.63) is 30.1 Å². The van der Waals surface area contributed by atoms with Crippen molar-refractivity contribution in [1.82, 2.24) is 4.98 Å². The number of aliphatic hydroxyl groups is 1. The van der Waals surface area contributed by atoms with Gasteiger partial charge in [-0.2, -0.15) is 0 Å². The molecule has 0 aliphatic carbocycles. The SMILES string of the molecule is CS(=O)(=O)CC(O)c1cccnc1. The first kappa shape index (κ1) is 10.1. The second-order valence-electron chi connectivity index (χ2n) is 2.89. The fourth-order valence-electron chi connectivity index (χ4n) is 0.956. The van der Waals surface area contributed by atoms with Gasteiger partial charge in [0.05, 0.1) is 11.9 Å². The van der Waals surface area contributed by atoms with E-state index in [0.717, 1.165) is 6.26 Å². The molecule has 1 N–H and O–H groups in total. The molecule has 0 saturated carbocycles. The van der Waals surface area contributed by atoms with Crippen molar-refractivity contribution in [2.45, 2.75) is 6.10 Å². The first-order valence-electron chi connectivity index (χ1n) is 3.75. The third-order valence-corrected chi connectivity index (χ3v) is 2.45. The lowest BCUT2D eigenvalue weighted by Crippen LogP contribution is -2.12. The molecule has 1 heterocycles. The molecule has 0 aliphatic heterocycles. The minimum absolute atomic E-state index is 0.265. The first-order valence-corrected chi connectivity index (χ1v) is 5.81. The molecule has 13 heavy (non-hydrogen) atoms. The van der Waals surface area contributed by atoms with E-state index in [1.165, 1.54) is 6.20 Å². The van der Waals surface area contributed by atoms with Gasteiger partial charge in [0.1, 0.15) is 9.84 Å². The molecule has 1 rings (SSSR count). The molecule has 72 valence electrons. The van der Waals surface area contributed by atoms with Gasteiger partial charge in [0.15, 0.2) is 0 Å². The van der Waals surface area contributed by atoms with Crippen LogP contribution in [-0.2, 0) is 9.84 Å². The fourth-order valence-corrected chi connectivity index (χ4v) is 1.72. The highest BCUT2D eigenvalue weighted by Gasteiger charge is 2.13. The predicted molar refractivity (Wildman–Crippen MR) is 48.9 cm³/mol. The summed E-state index contributed by atoms with van der Waals surface area (Å²) in [7, 11) is -3.15. The Hall–Kier alpha value is -0.940. The molecule has 0 amide bonds. The molecule has 0 spiro atoms. The Kier molecular flexibility index (Phi) is 3.00. The standard InChI is InChI=1S/C8H11NO3S/c1-13(11,12)6-8(10)7-3-2-4-9-5-7/h2-5,8,10H,6H2,1H3. The molecule has 1 aromatic heterocycles. The smallest absolute Gasteiger partial charge is 0.150 e. The Bertz CT molecular complexity index is 360. The van der Waals surface area contributed by atoms with Crippen molar-refractivity contribution in [3.8, 4) is 0 Å². The number of nitrogens with zero attached hydrogens (tertiary/aromatic N) is 1. The first-order chi connectivity index (χ1) is 5.99. The molecule has 0 fully saturated rings. The molecule has 0 radical (unpaired) electrons. The normalized spacial score (nSPS) is 14.0. The number of rotatable bonds is 3. The van der Waals surface area contributed by atoms with Crippen LogP contribution in [0.2, 0.25) is 0 Å². The molecule has 0 saturated heterocycles. The topological polar surface area (TPSA) is 67.3 Å². The fraction of sp³-hybridized carbons (Fsp3) is 0.375. The van der Waals surface area contributed by atoms with Crippen LogP contribution in [0.5, 0.6) is 0 Å². The van der Waals surface area contributed by atoms with Crippen LogP contribution in [0.1, 0.15) is 11.7 Å². The minimum atomic E-state index is -3.15. The molecule has 1 aromatic rings. The summed E-state index contributed by atoms with van der Waals surface area (Å²) < 4.78 is 21.7. The lowest BCUT2D eigenvalue weighted by Gasteiger charge is -2.07. The Morgan fingerprint density at radius 3 is 2.77 bits per heavy atom. The maximum atomic E-state index is 10.8. The molecule has 0 bridgehead atoms. The quantitative estimate of drug-likeness (QED) is 0.756. The number of hydrogen-bond acceptors (Lipinski definition) is 4. The van der Waals surface area contributed by atoms with Crippen molar-refractivity contribution in [3.63, 3.8) is 0 Å². The molecule has 1 unspecified atom stereocenters. The summed E-state index contributed by atoms with van der Waals surface area (Å²) in [5.74, 6) is -0.265. The van der Waals surface area contributed by atoms with E-state index in [1.807, 2.05) is 0 Å². The van der Waals surface area contributed by atoms with Crippen molar-refractivity contribution < 1.29 is 13.5 Å². The zero-order valence-corrected chi connectivity index (χ0v) is 8.03. The second kappa shape index (κ2) is 3.85. The van der Waals surface area contributed by atoms with Gasteiger partial charge in [0.2, 0.25) is 0 Å². The Balaban J connectivity index is 2.76. The van der Waals surface area contributed by atoms with Gasteiger partial charge in [0, 0.05) is 18.6 Å². The summed E-state index contributed by atoms with van der Waals surface area (Å²) in [4.78, 5) is 3.78. The van der Waals surface area contributed by atoms with Crippen LogP contribution in [0.25, 0.3) is 0 Å². The van der Waals surface area contributed by atoms with Crippen LogP contribution >= 0.6 is 0 Å². The van der Waals surface area contributed by atoms with Crippen LogP contribution in [0.4, 0.5) is 0 Å². The lowest BCUT2D eigenvalue weighted by molar-refractivity contribution is 0.201. The van der Waals surface area contributed by atoms with E-state index in [0.29, 0.717) is 5.56 Å². The number of pyridine rings is 1. The maximum Gasteiger partial charge on any atom is 0.150 e. The third-order valence-electron chi connectivity index (χ3n) is 1.53. The molecule has 0 aromatic carbocycles. The van der Waals surface area contributed by atoms with E-state index in [9.17, 15) is 13.5 Å². The molecular formula is C8H11NO3S. The van der Waals surface area contributed by atoms with Crippen LogP contribution in [0.3, 0.4) is 0 Å². The Labute approximate surface area is 77.2 Å². The average Bonchev–Trinajstić information content (AvgIpc) is 2.03. The van der Waals surface area contributed by atoms with Crippen molar-refractivity contribution in [2.75, 3.05) is 12.0 Å². The molecule has 1 atom stereocenters. The lowest BCUT2D eigenvalue weighted by atomic mass is 10.2. The van der Waals surface area contributed by atoms with E-state index in [-0.39, 0.29) is 5.75 Å². The number of sulfone groups is 1. The second-order valence-corrected chi connectivity index (χ2v) is 5.08. The van der Waals surface area contributed by atoms with Crippen molar-refractivity contribution in [2.24, 2.45) is 0 Å². The van der Waals surface area contributed by atoms with E-state index in [1.54, 1.807) is 18.3 Å². The van der Waals surface area contributed by atoms with Gasteiger partial charge >= 0.3 is 0 Å². The number of hydrogen-bond donors (Lipinski definition) is 1. The summed E-state index contributed by atoms with van der Waals surface area (Å²) in [5.41, 5.74) is 0.521. The van der Waals surface area contributed by atoms with Crippen LogP contribution in [0.15, 0.2) is 24.5 Å². The van der Waals surface area contributed by atoms with E-state index >= 15 is 0 Å². The van der Waals surface area contributed by atoms with Gasteiger partial charge in [0.25, 0.3) is 0 Å². The number of aromatic nitrogens is 1. The zero-order valence-electron chi connectivity index (χ0n) is 7.21. The molecule has 0 aliphatic rings. The molecule has 5 heteroatoms. The number of aliphatic hydroxyl groups excluding tert-OH is 1. The Morgan fingerprint density at radius 2 is 2.31 bits per heavy atom. The highest BCUT2D eigenvalue weighted by molar-refractivity contribution is 7.90. The minimum Gasteiger partial charge on any atom is -0.387 e. The monoisotopic (exact) mass is 201 g/mol. The van der Waals surface area contributed by atoms with E-state index in [2.05, 4.69) is 4.98 Å². The summed E-state index contributed by atoms with van der Waals surface area (Å²) in [6, 6.07) is 3.30. The van der Waals surface area contributed by atoms with Gasteiger partial charge in [-0.1, -0.05) is 6.07 Å². The van der Waals surface area contributed by atoms with Gasteiger partial charge in [-0.25, -0.2) is 8.42 Å². The third kappa shape index (κ3) is 3.52. The van der Waals surface area contributed by atoms with Crippen LogP contribution in [-0.4, -0.2) is 30.5 Å². The molecule has 4 nitrogen and oxygen atoms in total. The van der Waals surface area contributed by atoms with Gasteiger partial charge in [-0.05, 0) is 11.6 Å². The predicted octanol–water partition coefficient (Wildman–Crippen LogP) is 0.160. The average molecular weight is 201 g/mol. The highest BCUT2D eigenvalue weighted by atomic mass is 32.2. The van der Waals surface area contributed by atoms with Crippen LogP contribution < -0.4 is 0 Å². The van der Waals surface area contributed by atoms with E-state index < -0.39 is 15.9 Å². The largest absolute Gasteiger partial charge is 0.387 e. The Morgan fingerprint density at radius 1 is 1.62 bits per heavy atom. The van der Waals surface area contributed by atoms with Gasteiger partial charge in [-0.15, -0.1) is 0 Å². The maximum absolute atomic E-state index is 10.8. The van der Waals surface area contributed by atoms with Gasteiger partial charge < -0.3 is 5.11 Å². The van der Waals surface area contributed by atoms with Gasteiger partial charge in [-0.3, -0.25) is 4.98 Å².